The first-order valence-electron chi connectivity index (χ1n) is 13.3. The Kier molecular flexibility index (Phi) is 5.97. The zero-order valence-electron chi connectivity index (χ0n) is 22.6. The number of thiazole rings is 1. The van der Waals surface area contributed by atoms with Gasteiger partial charge in [0.1, 0.15) is 6.33 Å². The number of likely N-dealkylation sites (tertiary alicyclic amines) is 1. The molecule has 1 aliphatic heterocycles. The monoisotopic (exact) mass is 551 g/mol. The Morgan fingerprint density at radius 1 is 1.05 bits per heavy atom. The summed E-state index contributed by atoms with van der Waals surface area (Å²) >= 11 is 1.53. The lowest BCUT2D eigenvalue weighted by Crippen LogP contribution is -2.35. The summed E-state index contributed by atoms with van der Waals surface area (Å²) in [6, 6.07) is 16.9. The summed E-state index contributed by atoms with van der Waals surface area (Å²) in [5.74, 6) is 1.57. The van der Waals surface area contributed by atoms with E-state index >= 15 is 0 Å². The van der Waals surface area contributed by atoms with Gasteiger partial charge in [-0.2, -0.15) is 0 Å². The summed E-state index contributed by atoms with van der Waals surface area (Å²) in [4.78, 5) is 37.2. The SMILES string of the molecule is CN(c1ncnc2c1nc(-c1cncs1)n2-c1ccc2c(c1)n(C)c(=O)n2C)C1CCN(Cc2ccccc2)C1. The Labute approximate surface area is 234 Å². The van der Waals surface area contributed by atoms with Crippen molar-refractivity contribution in [1.82, 2.24) is 38.5 Å². The summed E-state index contributed by atoms with van der Waals surface area (Å²) < 4.78 is 5.38. The van der Waals surface area contributed by atoms with E-state index in [1.54, 1.807) is 29.6 Å². The zero-order valence-corrected chi connectivity index (χ0v) is 23.4. The Balaban J connectivity index is 1.30. The number of rotatable bonds is 6. The van der Waals surface area contributed by atoms with E-state index in [9.17, 15) is 4.79 Å². The van der Waals surface area contributed by atoms with Crippen LogP contribution in [-0.2, 0) is 20.6 Å². The standard InChI is InChI=1S/C29H29N9OS/c1-34(21-11-12-37(16-21)15-19-7-5-4-6-8-19)27-25-28(32-17-31-27)38(26(33-25)24-14-30-18-40-24)20-9-10-22-23(13-20)36(3)29(39)35(22)2/h4-10,13-14,17-18,21H,11-12,15-16H2,1-3H3. The normalized spacial score (nSPS) is 15.9. The third-order valence-corrected chi connectivity index (χ3v) is 8.74. The van der Waals surface area contributed by atoms with Gasteiger partial charge in [-0.25, -0.2) is 19.7 Å². The van der Waals surface area contributed by atoms with Crippen molar-refractivity contribution in [3.8, 4) is 16.4 Å². The molecule has 1 fully saturated rings. The lowest BCUT2D eigenvalue weighted by molar-refractivity contribution is 0.326. The first-order valence-corrected chi connectivity index (χ1v) is 14.1. The van der Waals surface area contributed by atoms with E-state index in [2.05, 4.69) is 56.7 Å². The van der Waals surface area contributed by atoms with Gasteiger partial charge < -0.3 is 4.90 Å². The van der Waals surface area contributed by atoms with Crippen LogP contribution in [0.25, 0.3) is 38.6 Å². The molecule has 0 spiro atoms. The summed E-state index contributed by atoms with van der Waals surface area (Å²) in [5.41, 5.74) is 7.14. The molecule has 5 heterocycles. The van der Waals surface area contributed by atoms with E-state index in [0.717, 1.165) is 70.5 Å². The minimum atomic E-state index is -0.0607. The molecule has 202 valence electrons. The number of imidazole rings is 2. The Morgan fingerprint density at radius 3 is 2.67 bits per heavy atom. The Bertz CT molecular complexity index is 1890. The van der Waals surface area contributed by atoms with E-state index in [1.807, 2.05) is 29.9 Å². The van der Waals surface area contributed by atoms with E-state index in [1.165, 1.54) is 16.9 Å². The first kappa shape index (κ1) is 24.7. The fraction of sp³-hybridized carbons (Fsp3) is 0.276. The third-order valence-electron chi connectivity index (χ3n) is 7.97. The van der Waals surface area contributed by atoms with Crippen LogP contribution in [-0.4, -0.2) is 64.7 Å². The van der Waals surface area contributed by atoms with Gasteiger partial charge in [0.2, 0.25) is 0 Å². The third kappa shape index (κ3) is 4.00. The number of nitrogens with zero attached hydrogens (tertiary/aromatic N) is 9. The molecule has 11 heteroatoms. The highest BCUT2D eigenvalue weighted by molar-refractivity contribution is 7.13. The Hall–Kier alpha value is -4.35. The molecule has 0 aliphatic carbocycles. The van der Waals surface area contributed by atoms with Gasteiger partial charge in [-0.3, -0.25) is 23.6 Å². The van der Waals surface area contributed by atoms with E-state index < -0.39 is 0 Å². The number of aromatic nitrogens is 7. The topological polar surface area (TPSA) is 89.9 Å². The second-order valence-corrected chi connectivity index (χ2v) is 11.2. The molecule has 1 aliphatic rings. The van der Waals surface area contributed by atoms with Crippen LogP contribution in [0, 0.1) is 0 Å². The number of likely N-dealkylation sites (N-methyl/N-ethyl adjacent to an activating group) is 1. The molecule has 10 nitrogen and oxygen atoms in total. The van der Waals surface area contributed by atoms with Crippen molar-refractivity contribution in [3.63, 3.8) is 0 Å². The molecule has 0 N–H and O–H groups in total. The van der Waals surface area contributed by atoms with Crippen LogP contribution in [0.3, 0.4) is 0 Å². The van der Waals surface area contributed by atoms with E-state index in [0.29, 0.717) is 6.04 Å². The maximum absolute atomic E-state index is 12.6. The number of fused-ring (bicyclic) bond motifs is 2. The fourth-order valence-corrected chi connectivity index (χ4v) is 6.39. The maximum Gasteiger partial charge on any atom is 0.328 e. The van der Waals surface area contributed by atoms with Crippen LogP contribution >= 0.6 is 11.3 Å². The van der Waals surface area contributed by atoms with Gasteiger partial charge in [0.25, 0.3) is 0 Å². The Morgan fingerprint density at radius 2 is 1.88 bits per heavy atom. The van der Waals surface area contributed by atoms with Crippen molar-refractivity contribution in [2.24, 2.45) is 14.1 Å². The number of hydrogen-bond donors (Lipinski definition) is 0. The maximum atomic E-state index is 12.6. The molecule has 4 aromatic heterocycles. The average Bonchev–Trinajstić information content (AvgIpc) is 3.78. The highest BCUT2D eigenvalue weighted by Crippen LogP contribution is 2.34. The van der Waals surface area contributed by atoms with Crippen molar-refractivity contribution in [2.75, 3.05) is 25.0 Å². The quantitative estimate of drug-likeness (QED) is 0.311. The smallest absolute Gasteiger partial charge is 0.328 e. The second kappa shape index (κ2) is 9.68. The van der Waals surface area contributed by atoms with Gasteiger partial charge >= 0.3 is 5.69 Å². The molecule has 0 bridgehead atoms. The van der Waals surface area contributed by atoms with Gasteiger partial charge in [-0.1, -0.05) is 30.3 Å². The van der Waals surface area contributed by atoms with Crippen LogP contribution in [0.4, 0.5) is 5.82 Å². The second-order valence-electron chi connectivity index (χ2n) is 10.4. The van der Waals surface area contributed by atoms with Crippen molar-refractivity contribution in [2.45, 2.75) is 19.0 Å². The molecule has 0 saturated carbocycles. The largest absolute Gasteiger partial charge is 0.353 e. The van der Waals surface area contributed by atoms with Crippen LogP contribution in [0.5, 0.6) is 0 Å². The summed E-state index contributed by atoms with van der Waals surface area (Å²) in [7, 11) is 5.69. The van der Waals surface area contributed by atoms with Crippen molar-refractivity contribution in [1.29, 1.82) is 0 Å². The average molecular weight is 552 g/mol. The lowest BCUT2D eigenvalue weighted by Gasteiger charge is -2.26. The number of anilines is 1. The van der Waals surface area contributed by atoms with Crippen molar-refractivity contribution in [3.05, 3.63) is 82.6 Å². The predicted octanol–water partition coefficient (Wildman–Crippen LogP) is 3.84. The molecule has 0 radical (unpaired) electrons. The number of benzene rings is 2. The molecule has 0 amide bonds. The summed E-state index contributed by atoms with van der Waals surface area (Å²) in [5, 5.41) is 0. The highest BCUT2D eigenvalue weighted by Gasteiger charge is 2.29. The minimum absolute atomic E-state index is 0.0607. The van der Waals surface area contributed by atoms with Crippen molar-refractivity contribution < 1.29 is 0 Å². The van der Waals surface area contributed by atoms with Gasteiger partial charge in [0, 0.05) is 53.0 Å². The van der Waals surface area contributed by atoms with Gasteiger partial charge in [0.05, 0.1) is 27.1 Å². The molecule has 1 unspecified atom stereocenters. The molecule has 7 rings (SSSR count). The van der Waals surface area contributed by atoms with Crippen molar-refractivity contribution >= 4 is 39.4 Å². The molecule has 2 aromatic carbocycles. The van der Waals surface area contributed by atoms with Gasteiger partial charge in [-0.15, -0.1) is 11.3 Å². The fourth-order valence-electron chi connectivity index (χ4n) is 5.80. The van der Waals surface area contributed by atoms with Crippen LogP contribution in [0.1, 0.15) is 12.0 Å². The summed E-state index contributed by atoms with van der Waals surface area (Å²) in [6.45, 7) is 2.94. The van der Waals surface area contributed by atoms with Gasteiger partial charge in [0.15, 0.2) is 22.8 Å². The molecular formula is C29H29N9OS. The molecule has 40 heavy (non-hydrogen) atoms. The van der Waals surface area contributed by atoms with Crippen LogP contribution in [0.15, 0.2) is 71.4 Å². The highest BCUT2D eigenvalue weighted by atomic mass is 32.1. The molecular weight excluding hydrogens is 522 g/mol. The number of aryl methyl sites for hydroxylation is 2. The van der Waals surface area contributed by atoms with Crippen LogP contribution < -0.4 is 10.6 Å². The minimum Gasteiger partial charge on any atom is -0.353 e. The van der Waals surface area contributed by atoms with E-state index in [4.69, 9.17) is 15.0 Å². The zero-order chi connectivity index (χ0) is 27.4. The number of hydrogen-bond acceptors (Lipinski definition) is 8. The molecule has 1 atom stereocenters. The van der Waals surface area contributed by atoms with E-state index in [-0.39, 0.29) is 5.69 Å². The first-order chi connectivity index (χ1) is 19.5. The lowest BCUT2D eigenvalue weighted by atomic mass is 10.2. The van der Waals surface area contributed by atoms with Gasteiger partial charge in [-0.05, 0) is 30.2 Å². The van der Waals surface area contributed by atoms with Crippen LogP contribution in [0.2, 0.25) is 0 Å². The molecule has 6 aromatic rings. The predicted molar refractivity (Wildman–Crippen MR) is 158 cm³/mol. The summed E-state index contributed by atoms with van der Waals surface area (Å²) in [6.07, 6.45) is 4.50. The molecule has 1 saturated heterocycles.